The fraction of sp³-hybridized carbons (Fsp3) is 0.730. The number of hydrogen-bond acceptors (Lipinski definition) is 2. The molecule has 3 aliphatic rings. The van der Waals surface area contributed by atoms with E-state index in [0.29, 0.717) is 18.4 Å². The Morgan fingerprint density at radius 1 is 0.667 bits per heavy atom. The number of methoxy groups -OCH3 is 1. The molecule has 2 heteroatoms. The fourth-order valence-corrected chi connectivity index (χ4v) is 8.74. The summed E-state index contributed by atoms with van der Waals surface area (Å²) in [7, 11) is 1.76. The van der Waals surface area contributed by atoms with Gasteiger partial charge >= 0.3 is 0 Å². The number of aliphatic hydroxyl groups is 1. The highest BCUT2D eigenvalue weighted by atomic mass is 16.5. The van der Waals surface area contributed by atoms with E-state index in [1.54, 1.807) is 18.2 Å². The summed E-state index contributed by atoms with van der Waals surface area (Å²) in [6.45, 7) is 3.33. The van der Waals surface area contributed by atoms with Crippen molar-refractivity contribution in [2.75, 3.05) is 20.3 Å². The third-order valence-corrected chi connectivity index (χ3v) is 11.4. The first-order valence-corrected chi connectivity index (χ1v) is 16.8. The molecule has 3 fully saturated rings. The van der Waals surface area contributed by atoms with Crippen LogP contribution in [0.2, 0.25) is 0 Å². The van der Waals surface area contributed by atoms with Crippen LogP contribution in [0.1, 0.15) is 133 Å². The van der Waals surface area contributed by atoms with E-state index in [9.17, 15) is 5.11 Å². The van der Waals surface area contributed by atoms with Crippen LogP contribution < -0.4 is 0 Å². The molecule has 0 radical (unpaired) electrons. The normalized spacial score (nSPS) is 30.8. The van der Waals surface area contributed by atoms with Crippen LogP contribution in [0.15, 0.2) is 36.4 Å². The molecular weight excluding hydrogens is 476 g/mol. The largest absolute Gasteiger partial charge is 0.396 e. The number of hydrogen-bond donors (Lipinski definition) is 1. The van der Waals surface area contributed by atoms with Crippen molar-refractivity contribution < 1.29 is 9.84 Å². The van der Waals surface area contributed by atoms with Gasteiger partial charge in [-0.25, -0.2) is 0 Å². The number of aliphatic hydroxyl groups excluding tert-OH is 1. The van der Waals surface area contributed by atoms with E-state index in [1.165, 1.54) is 114 Å². The molecule has 2 aromatic rings. The molecule has 39 heavy (non-hydrogen) atoms. The summed E-state index contributed by atoms with van der Waals surface area (Å²) in [6.07, 6.45) is 22.1. The molecule has 2 aromatic carbocycles. The van der Waals surface area contributed by atoms with E-state index in [-0.39, 0.29) is 6.61 Å². The van der Waals surface area contributed by atoms with E-state index in [2.05, 4.69) is 43.3 Å². The second-order valence-corrected chi connectivity index (χ2v) is 13.8. The summed E-state index contributed by atoms with van der Waals surface area (Å²) >= 11 is 0. The van der Waals surface area contributed by atoms with E-state index >= 15 is 0 Å². The molecule has 0 saturated heterocycles. The summed E-state index contributed by atoms with van der Waals surface area (Å²) in [5.74, 6) is 5.38. The van der Waals surface area contributed by atoms with Gasteiger partial charge in [0.05, 0.1) is 6.61 Å². The molecule has 0 amide bonds. The molecule has 216 valence electrons. The summed E-state index contributed by atoms with van der Waals surface area (Å²) in [6, 6.07) is 14.8. The first kappa shape index (κ1) is 29.1. The van der Waals surface area contributed by atoms with Crippen LogP contribution in [0.5, 0.6) is 0 Å². The van der Waals surface area contributed by atoms with Gasteiger partial charge in [-0.15, -0.1) is 0 Å². The molecule has 0 aromatic heterocycles. The zero-order valence-corrected chi connectivity index (χ0v) is 25.1. The van der Waals surface area contributed by atoms with Crippen molar-refractivity contribution in [3.05, 3.63) is 47.5 Å². The zero-order chi connectivity index (χ0) is 27.0. The molecule has 3 aliphatic carbocycles. The topological polar surface area (TPSA) is 29.5 Å². The second-order valence-electron chi connectivity index (χ2n) is 13.8. The molecule has 0 aliphatic heterocycles. The maximum atomic E-state index is 9.71. The van der Waals surface area contributed by atoms with Crippen molar-refractivity contribution in [1.82, 2.24) is 0 Å². The Balaban J connectivity index is 1.06. The summed E-state index contributed by atoms with van der Waals surface area (Å²) in [5.41, 5.74) is 3.17. The highest BCUT2D eigenvalue weighted by Gasteiger charge is 2.29. The Bertz CT molecular complexity index is 990. The predicted octanol–water partition coefficient (Wildman–Crippen LogP) is 10.0. The molecule has 5 rings (SSSR count). The van der Waals surface area contributed by atoms with Gasteiger partial charge in [-0.1, -0.05) is 81.8 Å². The fourth-order valence-electron chi connectivity index (χ4n) is 8.74. The SMILES string of the molecule is CCCC1CCC(c2ccc3cc(C4CCC(CCC5CCC(C(CO)COC)CC5)CC4)ccc3c2)CC1. The van der Waals surface area contributed by atoms with Gasteiger partial charge < -0.3 is 9.84 Å². The Morgan fingerprint density at radius 3 is 1.56 bits per heavy atom. The third-order valence-electron chi connectivity index (χ3n) is 11.4. The second kappa shape index (κ2) is 14.5. The van der Waals surface area contributed by atoms with Crippen LogP contribution in [-0.2, 0) is 4.74 Å². The summed E-state index contributed by atoms with van der Waals surface area (Å²) in [4.78, 5) is 0. The first-order chi connectivity index (χ1) is 19.2. The van der Waals surface area contributed by atoms with Crippen LogP contribution in [0.25, 0.3) is 10.8 Å². The predicted molar refractivity (Wildman–Crippen MR) is 165 cm³/mol. The minimum Gasteiger partial charge on any atom is -0.396 e. The van der Waals surface area contributed by atoms with Crippen molar-refractivity contribution in [1.29, 1.82) is 0 Å². The number of rotatable bonds is 11. The van der Waals surface area contributed by atoms with Crippen LogP contribution in [-0.4, -0.2) is 25.4 Å². The van der Waals surface area contributed by atoms with Crippen molar-refractivity contribution in [2.45, 2.75) is 121 Å². The molecule has 2 nitrogen and oxygen atoms in total. The van der Waals surface area contributed by atoms with E-state index in [4.69, 9.17) is 4.74 Å². The highest BCUT2D eigenvalue weighted by molar-refractivity contribution is 5.84. The molecule has 1 unspecified atom stereocenters. The summed E-state index contributed by atoms with van der Waals surface area (Å²) in [5, 5.41) is 12.6. The molecule has 0 spiro atoms. The minimum atomic E-state index is 0.282. The van der Waals surface area contributed by atoms with Gasteiger partial charge in [-0.05, 0) is 122 Å². The lowest BCUT2D eigenvalue weighted by atomic mass is 9.72. The quantitative estimate of drug-likeness (QED) is 0.312. The van der Waals surface area contributed by atoms with Crippen molar-refractivity contribution in [3.63, 3.8) is 0 Å². The summed E-state index contributed by atoms with van der Waals surface area (Å²) < 4.78 is 5.34. The van der Waals surface area contributed by atoms with Gasteiger partial charge in [0.1, 0.15) is 0 Å². The van der Waals surface area contributed by atoms with Gasteiger partial charge in [-0.2, -0.15) is 0 Å². The van der Waals surface area contributed by atoms with E-state index in [1.807, 2.05) is 0 Å². The van der Waals surface area contributed by atoms with Gasteiger partial charge in [-0.3, -0.25) is 0 Å². The average molecular weight is 533 g/mol. The molecule has 1 atom stereocenters. The molecule has 3 saturated carbocycles. The molecule has 1 N–H and O–H groups in total. The van der Waals surface area contributed by atoms with Crippen molar-refractivity contribution >= 4 is 10.8 Å². The smallest absolute Gasteiger partial charge is 0.0515 e. The average Bonchev–Trinajstić information content (AvgIpc) is 2.99. The number of benzene rings is 2. The zero-order valence-electron chi connectivity index (χ0n) is 25.1. The lowest BCUT2D eigenvalue weighted by molar-refractivity contribution is 0.0544. The molecular formula is C37H56O2. The highest BCUT2D eigenvalue weighted by Crippen LogP contribution is 2.42. The number of ether oxygens (including phenoxy) is 1. The number of fused-ring (bicyclic) bond motifs is 1. The lowest BCUT2D eigenvalue weighted by Crippen LogP contribution is -2.27. The Hall–Kier alpha value is -1.38. The minimum absolute atomic E-state index is 0.282. The van der Waals surface area contributed by atoms with Crippen LogP contribution in [0, 0.1) is 29.6 Å². The van der Waals surface area contributed by atoms with Crippen molar-refractivity contribution in [2.24, 2.45) is 29.6 Å². The first-order valence-electron chi connectivity index (χ1n) is 16.8. The molecule has 0 bridgehead atoms. The van der Waals surface area contributed by atoms with Gasteiger partial charge in [0.25, 0.3) is 0 Å². The van der Waals surface area contributed by atoms with E-state index < -0.39 is 0 Å². The monoisotopic (exact) mass is 532 g/mol. The Kier molecular flexibility index (Phi) is 10.8. The lowest BCUT2D eigenvalue weighted by Gasteiger charge is -2.34. The third kappa shape index (κ3) is 7.68. The van der Waals surface area contributed by atoms with Gasteiger partial charge in [0.15, 0.2) is 0 Å². The van der Waals surface area contributed by atoms with Crippen molar-refractivity contribution in [3.8, 4) is 0 Å². The van der Waals surface area contributed by atoms with E-state index in [0.717, 1.165) is 29.6 Å². The molecule has 0 heterocycles. The van der Waals surface area contributed by atoms with Crippen LogP contribution in [0.4, 0.5) is 0 Å². The van der Waals surface area contributed by atoms with Gasteiger partial charge in [0, 0.05) is 19.6 Å². The van der Waals surface area contributed by atoms with Gasteiger partial charge in [0.2, 0.25) is 0 Å². The van der Waals surface area contributed by atoms with Crippen LogP contribution >= 0.6 is 0 Å². The Morgan fingerprint density at radius 2 is 1.13 bits per heavy atom. The Labute approximate surface area is 239 Å². The maximum absolute atomic E-state index is 9.71. The standard InChI is InChI=1S/C37H56O2/c1-3-4-27-7-13-30(14-8-27)33-19-21-36-24-34(20-22-35(36)23-33)31-15-9-28(10-16-31)5-6-29-11-17-32(18-12-29)37(25-38)26-39-2/h19-24,27-32,37-38H,3-18,25-26H2,1-2H3. The maximum Gasteiger partial charge on any atom is 0.0515 e. The van der Waals surface area contributed by atoms with Crippen LogP contribution in [0.3, 0.4) is 0 Å².